The average Bonchev–Trinajstić information content (AvgIpc) is 2.32. The second-order valence-electron chi connectivity index (χ2n) is 9.74. The van der Waals surface area contributed by atoms with Crippen LogP contribution in [0.2, 0.25) is 0 Å². The molecule has 0 amide bonds. The van der Waals surface area contributed by atoms with Crippen LogP contribution in [-0.4, -0.2) is 24.2 Å². The predicted octanol–water partition coefficient (Wildman–Crippen LogP) is 7.79. The second-order valence-corrected chi connectivity index (χ2v) is 12.3. The molecular formula is C19H40Cl2N2Ti-2. The van der Waals surface area contributed by atoms with Gasteiger partial charge in [-0.3, -0.25) is 0 Å². The minimum atomic E-state index is -0.556. The topological polar surface area (TPSA) is 28.2 Å². The third-order valence-corrected chi connectivity index (χ3v) is 3.46. The van der Waals surface area contributed by atoms with Crippen molar-refractivity contribution in [2.24, 2.45) is 17.3 Å². The molecule has 0 aromatic heterocycles. The number of hydrogen-bond acceptors (Lipinski definition) is 0. The Kier molecular flexibility index (Phi) is 14.4. The van der Waals surface area contributed by atoms with Crippen molar-refractivity contribution in [1.29, 1.82) is 0 Å². The van der Waals surface area contributed by atoms with Crippen molar-refractivity contribution in [3.63, 3.8) is 0 Å². The Morgan fingerprint density at radius 3 is 1.12 bits per heavy atom. The van der Waals surface area contributed by atoms with Crippen LogP contribution in [0.1, 0.15) is 82.1 Å². The van der Waals surface area contributed by atoms with Gasteiger partial charge in [-0.2, -0.15) is 0 Å². The first kappa shape index (κ1) is 27.4. The minimum absolute atomic E-state index is 0.0426. The van der Waals surface area contributed by atoms with Crippen molar-refractivity contribution in [2.45, 2.75) is 93.2 Å². The predicted molar refractivity (Wildman–Crippen MR) is 109 cm³/mol. The van der Waals surface area contributed by atoms with E-state index in [-0.39, 0.29) is 16.5 Å². The molecule has 0 aliphatic heterocycles. The average molecular weight is 415 g/mol. The van der Waals surface area contributed by atoms with E-state index in [9.17, 15) is 0 Å². The molecule has 0 heterocycles. The van der Waals surface area contributed by atoms with Gasteiger partial charge >= 0.3 is 35.6 Å². The second kappa shape index (κ2) is 12.6. The van der Waals surface area contributed by atoms with Crippen LogP contribution in [0.15, 0.2) is 0 Å². The van der Waals surface area contributed by atoms with Gasteiger partial charge in [0.25, 0.3) is 0 Å². The summed E-state index contributed by atoms with van der Waals surface area (Å²) in [4.78, 5) is 0. The Hall–Kier alpha value is 1.21. The van der Waals surface area contributed by atoms with Crippen LogP contribution in [0.5, 0.6) is 0 Å². The third-order valence-electron chi connectivity index (χ3n) is 3.46. The number of nitrogens with zero attached hydrogens (tertiary/aromatic N) is 2. The quantitative estimate of drug-likeness (QED) is 0.362. The maximum absolute atomic E-state index is 4.98. The molecule has 0 bridgehead atoms. The molecule has 146 valence electrons. The van der Waals surface area contributed by atoms with Crippen LogP contribution in [0.4, 0.5) is 0 Å². The fourth-order valence-corrected chi connectivity index (χ4v) is 2.93. The number of rotatable bonds is 8. The first-order valence-corrected chi connectivity index (χ1v) is 13.3. The summed E-state index contributed by atoms with van der Waals surface area (Å²) in [5.74, 6) is 1.38. The summed E-state index contributed by atoms with van der Waals surface area (Å²) >= 11 is -0.556. The van der Waals surface area contributed by atoms with Crippen LogP contribution in [-0.2, 0) is 17.0 Å². The van der Waals surface area contributed by atoms with Crippen molar-refractivity contribution < 1.29 is 17.0 Å². The first-order valence-electron chi connectivity index (χ1n) is 9.00. The zero-order chi connectivity index (χ0) is 19.6. The Morgan fingerprint density at radius 1 is 0.708 bits per heavy atom. The van der Waals surface area contributed by atoms with E-state index < -0.39 is 17.0 Å². The third kappa shape index (κ3) is 18.0. The zero-order valence-corrected chi connectivity index (χ0v) is 20.7. The van der Waals surface area contributed by atoms with Crippen molar-refractivity contribution in [3.8, 4) is 0 Å². The Morgan fingerprint density at radius 2 is 0.958 bits per heavy atom. The van der Waals surface area contributed by atoms with Crippen molar-refractivity contribution in [1.82, 2.24) is 0 Å². The molecule has 0 radical (unpaired) electrons. The molecule has 0 aromatic rings. The van der Waals surface area contributed by atoms with Gasteiger partial charge in [-0.15, -0.1) is 24.2 Å². The number of halogens is 2. The van der Waals surface area contributed by atoms with Gasteiger partial charge in [-0.05, 0) is 24.7 Å². The van der Waals surface area contributed by atoms with Gasteiger partial charge in [0, 0.05) is 0 Å². The van der Waals surface area contributed by atoms with E-state index in [1.165, 1.54) is 12.8 Å². The van der Waals surface area contributed by atoms with Crippen LogP contribution in [0, 0.1) is 17.3 Å². The molecule has 0 saturated heterocycles. The van der Waals surface area contributed by atoms with E-state index in [0.29, 0.717) is 11.8 Å². The van der Waals surface area contributed by atoms with Crippen LogP contribution < -0.4 is 0 Å². The summed E-state index contributed by atoms with van der Waals surface area (Å²) in [6, 6.07) is 0. The molecular weight excluding hydrogens is 375 g/mol. The summed E-state index contributed by atoms with van der Waals surface area (Å²) in [5, 5.41) is 9.95. The summed E-state index contributed by atoms with van der Waals surface area (Å²) in [6.07, 6.45) is 2.43. The Labute approximate surface area is 169 Å². The van der Waals surface area contributed by atoms with Crippen molar-refractivity contribution >= 4 is 18.6 Å². The Balaban J connectivity index is 0. The van der Waals surface area contributed by atoms with Gasteiger partial charge in [-0.25, -0.2) is 0 Å². The molecule has 0 fully saturated rings. The summed E-state index contributed by atoms with van der Waals surface area (Å²) in [6.45, 7) is 24.4. The van der Waals surface area contributed by atoms with Crippen LogP contribution in [0.25, 0.3) is 10.6 Å². The van der Waals surface area contributed by atoms with Crippen molar-refractivity contribution in [2.75, 3.05) is 13.1 Å². The first-order chi connectivity index (χ1) is 10.7. The molecule has 0 aromatic carbocycles. The van der Waals surface area contributed by atoms with E-state index in [0.717, 1.165) is 13.1 Å². The molecule has 0 aliphatic carbocycles. The van der Waals surface area contributed by atoms with Gasteiger partial charge in [0.2, 0.25) is 0 Å². The molecule has 0 N–H and O–H groups in total. The zero-order valence-electron chi connectivity index (χ0n) is 17.6. The molecule has 0 saturated carbocycles. The van der Waals surface area contributed by atoms with Gasteiger partial charge < -0.3 is 10.6 Å². The molecule has 24 heavy (non-hydrogen) atoms. The van der Waals surface area contributed by atoms with E-state index in [1.54, 1.807) is 0 Å². The fourth-order valence-electron chi connectivity index (χ4n) is 2.93. The van der Waals surface area contributed by atoms with E-state index in [1.807, 2.05) is 0 Å². The molecule has 0 rings (SSSR count). The fraction of sp³-hybridized carbons (Fsp3) is 1.00. The standard InChI is InChI=1S/C19H40N2.2ClH.Ti/c1-15(2)11-19(12-16(3)4,13-20-17(5,6)7)14-21-18(8,9)10;;;/h15-16H,11-14H2,1-10H3;2*1H;/q-2;;;+2/p-2. The molecule has 2 nitrogen and oxygen atoms in total. The molecule has 0 atom stereocenters. The van der Waals surface area contributed by atoms with Gasteiger partial charge in [-0.1, -0.05) is 74.7 Å². The molecule has 5 heteroatoms. The molecule has 0 spiro atoms. The van der Waals surface area contributed by atoms with Crippen molar-refractivity contribution in [3.05, 3.63) is 10.6 Å². The number of hydrogen-bond donors (Lipinski definition) is 0. The van der Waals surface area contributed by atoms with E-state index >= 15 is 0 Å². The maximum atomic E-state index is 4.98. The Bertz CT molecular complexity index is 277. The monoisotopic (exact) mass is 414 g/mol. The summed E-state index contributed by atoms with van der Waals surface area (Å²) in [5.41, 5.74) is 0.310. The van der Waals surface area contributed by atoms with Gasteiger partial charge in [0.15, 0.2) is 0 Å². The van der Waals surface area contributed by atoms with Gasteiger partial charge in [0.05, 0.1) is 0 Å². The summed E-state index contributed by atoms with van der Waals surface area (Å²) in [7, 11) is 9.78. The molecule has 0 aliphatic rings. The van der Waals surface area contributed by atoms with E-state index in [2.05, 4.69) is 69.2 Å². The van der Waals surface area contributed by atoms with Crippen LogP contribution >= 0.6 is 18.6 Å². The van der Waals surface area contributed by atoms with E-state index in [4.69, 9.17) is 29.2 Å². The normalized spacial score (nSPS) is 13.1. The SMILES string of the molecule is CC(C)CC(C[N-]C(C)(C)C)(C[N-]C(C)(C)C)CC(C)C.[Cl][Ti][Cl]. The van der Waals surface area contributed by atoms with Gasteiger partial charge in [0.1, 0.15) is 0 Å². The van der Waals surface area contributed by atoms with Crippen LogP contribution in [0.3, 0.4) is 0 Å². The summed E-state index contributed by atoms with van der Waals surface area (Å²) < 4.78 is 0. The molecule has 0 unspecified atom stereocenters.